The molecule has 3 nitrogen and oxygen atoms in total. The van der Waals surface area contributed by atoms with E-state index in [1.807, 2.05) is 0 Å². The van der Waals surface area contributed by atoms with Crippen LogP contribution in [0.15, 0.2) is 0 Å². The van der Waals surface area contributed by atoms with Gasteiger partial charge in [-0.1, -0.05) is 0 Å². The van der Waals surface area contributed by atoms with Crippen LogP contribution in [0.25, 0.3) is 0 Å². The largest absolute Gasteiger partial charge is 0.480 e. The Labute approximate surface area is 49.1 Å². The summed E-state index contributed by atoms with van der Waals surface area (Å²) < 4.78 is 7.22. The lowest BCUT2D eigenvalue weighted by atomic mass is 10.2. The molecule has 0 bridgehead atoms. The summed E-state index contributed by atoms with van der Waals surface area (Å²) in [7, 11) is 0. The fourth-order valence-corrected chi connectivity index (χ4v) is 0.775. The van der Waals surface area contributed by atoms with Gasteiger partial charge in [0.2, 0.25) is 0 Å². The first-order valence-electron chi connectivity index (χ1n) is 3.13. The number of aliphatic carboxylic acids is 1. The van der Waals surface area contributed by atoms with Crippen LogP contribution in [0.4, 0.5) is 0 Å². The highest BCUT2D eigenvalue weighted by Gasteiger charge is 2.20. The zero-order valence-corrected chi connectivity index (χ0v) is 4.48. The summed E-state index contributed by atoms with van der Waals surface area (Å²) in [5.41, 5.74) is 0. The smallest absolute Gasteiger partial charge is 0.320 e. The van der Waals surface area contributed by atoms with Crippen LogP contribution in [0.1, 0.15) is 14.2 Å². The second-order valence-corrected chi connectivity index (χ2v) is 1.81. The normalized spacial score (nSPS) is 39.2. The Morgan fingerprint density at radius 2 is 2.75 bits per heavy atom. The zero-order chi connectivity index (χ0) is 6.91. The van der Waals surface area contributed by atoms with E-state index >= 15 is 0 Å². The molecule has 1 fully saturated rings. The summed E-state index contributed by atoms with van der Waals surface area (Å²) >= 11 is 0. The molecule has 1 atom stereocenters. The number of carboxylic acid groups (broad SMARTS) is 1. The van der Waals surface area contributed by atoms with E-state index in [1.54, 1.807) is 0 Å². The highest BCUT2D eigenvalue weighted by atomic mass is 16.4. The fourth-order valence-electron chi connectivity index (χ4n) is 0.775. The van der Waals surface area contributed by atoms with Gasteiger partial charge in [0.25, 0.3) is 0 Å². The molecular weight excluding hydrogens is 106 g/mol. The van der Waals surface area contributed by atoms with Crippen molar-refractivity contribution in [2.45, 2.75) is 18.9 Å². The van der Waals surface area contributed by atoms with Gasteiger partial charge in [0.15, 0.2) is 0 Å². The van der Waals surface area contributed by atoms with Gasteiger partial charge >= 0.3 is 5.97 Å². The van der Waals surface area contributed by atoms with Gasteiger partial charge in [-0.15, -0.1) is 0 Å². The van der Waals surface area contributed by atoms with Crippen LogP contribution in [0.3, 0.4) is 0 Å². The van der Waals surface area contributed by atoms with Gasteiger partial charge in [-0.25, -0.2) is 0 Å². The molecule has 1 saturated heterocycles. The molecule has 0 spiro atoms. The summed E-state index contributed by atoms with van der Waals surface area (Å²) in [5.74, 6) is -1.07. The van der Waals surface area contributed by atoms with Crippen molar-refractivity contribution in [3.05, 3.63) is 0 Å². The van der Waals surface area contributed by atoms with Gasteiger partial charge in [0.1, 0.15) is 6.02 Å². The summed E-state index contributed by atoms with van der Waals surface area (Å²) in [6.45, 7) is 0.649. The Hall–Kier alpha value is -0.570. The minimum absolute atomic E-state index is 0.419. The molecule has 0 radical (unpaired) electrons. The molecule has 0 aromatic carbocycles. The average molecular weight is 116 g/mol. The predicted molar refractivity (Wildman–Crippen MR) is 28.7 cm³/mol. The lowest BCUT2D eigenvalue weighted by Crippen LogP contribution is -2.29. The minimum atomic E-state index is -1.39. The molecule has 3 heteroatoms. The Morgan fingerprint density at radius 1 is 2.00 bits per heavy atom. The molecular formula is C5H9NO2. The zero-order valence-electron chi connectivity index (χ0n) is 5.48. The molecule has 1 rings (SSSR count). The van der Waals surface area contributed by atoms with Crippen molar-refractivity contribution in [3.8, 4) is 0 Å². The van der Waals surface area contributed by atoms with Crippen LogP contribution >= 0.6 is 0 Å². The van der Waals surface area contributed by atoms with E-state index < -0.39 is 12.0 Å². The first-order chi connectivity index (χ1) is 4.15. The second kappa shape index (κ2) is 2.13. The summed E-state index contributed by atoms with van der Waals surface area (Å²) in [6.07, 6.45) is 1.21. The maximum Gasteiger partial charge on any atom is 0.320 e. The van der Waals surface area contributed by atoms with Crippen molar-refractivity contribution >= 4 is 5.97 Å². The maximum absolute atomic E-state index is 10.3. The molecule has 1 aliphatic heterocycles. The molecule has 46 valence electrons. The predicted octanol–water partition coefficient (Wildman–Crippen LogP) is -0.177. The molecule has 1 heterocycles. The molecule has 0 unspecified atom stereocenters. The quantitative estimate of drug-likeness (QED) is 0.499. The van der Waals surface area contributed by atoms with Gasteiger partial charge < -0.3 is 10.4 Å². The van der Waals surface area contributed by atoms with E-state index in [9.17, 15) is 4.79 Å². The Kier molecular flexibility index (Phi) is 1.15. The average Bonchev–Trinajstić information content (AvgIpc) is 2.16. The molecule has 0 saturated carbocycles. The molecule has 0 amide bonds. The molecule has 1 aliphatic rings. The van der Waals surface area contributed by atoms with Gasteiger partial charge in [-0.3, -0.25) is 4.79 Å². The van der Waals surface area contributed by atoms with Crippen molar-refractivity contribution < 1.29 is 11.3 Å². The fraction of sp³-hybridized carbons (Fsp3) is 0.800. The highest BCUT2D eigenvalue weighted by Crippen LogP contribution is 2.03. The van der Waals surface area contributed by atoms with E-state index in [4.69, 9.17) is 6.48 Å². The first-order valence-corrected chi connectivity index (χ1v) is 2.63. The molecule has 8 heavy (non-hydrogen) atoms. The van der Waals surface area contributed by atoms with Gasteiger partial charge in [0.05, 0.1) is 1.37 Å². The van der Waals surface area contributed by atoms with Crippen LogP contribution in [0.2, 0.25) is 0 Å². The third-order valence-corrected chi connectivity index (χ3v) is 1.20. The van der Waals surface area contributed by atoms with Crippen LogP contribution in [0.5, 0.6) is 0 Å². The van der Waals surface area contributed by atoms with Crippen LogP contribution < -0.4 is 5.32 Å². The van der Waals surface area contributed by atoms with Crippen LogP contribution in [-0.4, -0.2) is 23.6 Å². The summed E-state index contributed by atoms with van der Waals surface area (Å²) in [5, 5.41) is 11.0. The van der Waals surface area contributed by atoms with Crippen molar-refractivity contribution in [1.82, 2.24) is 5.32 Å². The Morgan fingerprint density at radius 3 is 3.00 bits per heavy atom. The summed E-state index contributed by atoms with van der Waals surface area (Å²) in [6, 6.07) is -1.39. The van der Waals surface area contributed by atoms with Crippen LogP contribution in [-0.2, 0) is 4.79 Å². The lowest BCUT2D eigenvalue weighted by molar-refractivity contribution is -0.139. The number of carboxylic acids is 1. The van der Waals surface area contributed by atoms with Crippen LogP contribution in [0, 0.1) is 0 Å². The van der Waals surface area contributed by atoms with E-state index in [-0.39, 0.29) is 0 Å². The number of hydrogen-bond donors (Lipinski definition) is 2. The number of carbonyl (C=O) groups is 1. The van der Waals surface area contributed by atoms with Crippen molar-refractivity contribution in [2.24, 2.45) is 0 Å². The monoisotopic (exact) mass is 116 g/mol. The van der Waals surface area contributed by atoms with Crippen molar-refractivity contribution in [3.63, 3.8) is 0 Å². The third kappa shape index (κ3) is 0.980. The highest BCUT2D eigenvalue weighted by molar-refractivity contribution is 5.73. The Bertz CT molecular complexity index is 131. The minimum Gasteiger partial charge on any atom is -0.480 e. The number of rotatable bonds is 1. The standard InChI is InChI=1S/C5H9NO2/c7-5(8)4-2-1-3-6-4/h4,6H,1-3H2,(H,7,8)/t4-/m0/s1/i4D. The SMILES string of the molecule is [2H][C@@]1(C(=O)O)CCCN1. The topological polar surface area (TPSA) is 49.3 Å². The molecule has 0 aliphatic carbocycles. The van der Waals surface area contributed by atoms with E-state index in [1.165, 1.54) is 0 Å². The van der Waals surface area contributed by atoms with Crippen molar-refractivity contribution in [1.29, 1.82) is 0 Å². The molecule has 2 N–H and O–H groups in total. The van der Waals surface area contributed by atoms with E-state index in [0.717, 1.165) is 6.42 Å². The van der Waals surface area contributed by atoms with E-state index in [0.29, 0.717) is 13.0 Å². The van der Waals surface area contributed by atoms with E-state index in [2.05, 4.69) is 5.32 Å². The maximum atomic E-state index is 10.3. The van der Waals surface area contributed by atoms with Crippen molar-refractivity contribution in [2.75, 3.05) is 6.54 Å². The molecule has 0 aromatic rings. The van der Waals surface area contributed by atoms with Gasteiger partial charge in [0, 0.05) is 0 Å². The van der Waals surface area contributed by atoms with Gasteiger partial charge in [-0.05, 0) is 19.4 Å². The molecule has 0 aromatic heterocycles. The number of nitrogens with one attached hydrogen (secondary N) is 1. The third-order valence-electron chi connectivity index (χ3n) is 1.20. The lowest BCUT2D eigenvalue weighted by Gasteiger charge is -1.99. The number of hydrogen-bond acceptors (Lipinski definition) is 2. The first kappa shape index (κ1) is 4.32. The second-order valence-electron chi connectivity index (χ2n) is 1.81. The Balaban J connectivity index is 2.61. The summed E-state index contributed by atoms with van der Waals surface area (Å²) in [4.78, 5) is 10.3. The van der Waals surface area contributed by atoms with Gasteiger partial charge in [-0.2, -0.15) is 0 Å².